The number of benzene rings is 16. The Morgan fingerprint density at radius 1 is 0.171 bits per heavy atom. The molecule has 0 atom stereocenters. The van der Waals surface area contributed by atoms with Crippen LogP contribution in [0.15, 0.2) is 407 Å². The van der Waals surface area contributed by atoms with Crippen molar-refractivity contribution >= 4 is 196 Å². The van der Waals surface area contributed by atoms with Crippen molar-refractivity contribution in [1.82, 2.24) is 53.6 Å². The molecule has 0 saturated heterocycles. The number of rotatable bonds is 6. The molecule has 0 radical (unpaired) electrons. The van der Waals surface area contributed by atoms with Gasteiger partial charge in [-0.15, -0.1) is 0 Å². The van der Waals surface area contributed by atoms with Crippen LogP contribution in [0, 0.1) is 0 Å². The fourth-order valence-electron chi connectivity index (χ4n) is 19.8. The number of hydrogen-bond donors (Lipinski definition) is 0. The summed E-state index contributed by atoms with van der Waals surface area (Å²) in [5.74, 6) is 0. The molecule has 123 heavy (non-hydrogen) atoms. The maximum absolute atomic E-state index is 5.03. The molecule has 27 aromatic rings. The Bertz CT molecular complexity index is 8250. The molecule has 570 valence electrons. The molecule has 11 nitrogen and oxygen atoms in total. The summed E-state index contributed by atoms with van der Waals surface area (Å²) < 4.78 is 7.15. The number of para-hydroxylation sites is 3. The highest BCUT2D eigenvalue weighted by Crippen LogP contribution is 2.48. The van der Waals surface area contributed by atoms with Crippen LogP contribution in [-0.2, 0) is 0 Å². The van der Waals surface area contributed by atoms with Crippen LogP contribution in [0.4, 0.5) is 0 Å². The Hall–Kier alpha value is -16.8. The summed E-state index contributed by atoms with van der Waals surface area (Å²) in [6.07, 6.45) is 15.0. The van der Waals surface area contributed by atoms with Crippen molar-refractivity contribution in [2.24, 2.45) is 0 Å². The maximum Gasteiger partial charge on any atom is 0.0971 e. The van der Waals surface area contributed by atoms with E-state index >= 15 is 0 Å². The first-order valence-corrected chi connectivity index (χ1v) is 41.5. The third-order valence-corrected chi connectivity index (χ3v) is 25.0. The summed E-state index contributed by atoms with van der Waals surface area (Å²) in [7, 11) is 0. The van der Waals surface area contributed by atoms with Crippen molar-refractivity contribution in [2.75, 3.05) is 0 Å². The number of aromatic nitrogens is 11. The number of pyridine rings is 8. The zero-order valence-corrected chi connectivity index (χ0v) is 66.1. The van der Waals surface area contributed by atoms with Crippen LogP contribution in [0.2, 0.25) is 0 Å². The average molecular weight is 1570 g/mol. The fraction of sp³-hybridized carbons (Fsp3) is 0. The lowest BCUT2D eigenvalue weighted by molar-refractivity contribution is 1.15. The van der Waals surface area contributed by atoms with E-state index in [9.17, 15) is 0 Å². The van der Waals surface area contributed by atoms with Gasteiger partial charge in [-0.1, -0.05) is 224 Å². The van der Waals surface area contributed by atoms with Crippen molar-refractivity contribution in [3.8, 4) is 50.6 Å². The van der Waals surface area contributed by atoms with Gasteiger partial charge < -0.3 is 13.7 Å². The van der Waals surface area contributed by atoms with Gasteiger partial charge in [0.15, 0.2) is 0 Å². The van der Waals surface area contributed by atoms with E-state index in [0.29, 0.717) is 0 Å². The van der Waals surface area contributed by atoms with Gasteiger partial charge in [0.25, 0.3) is 0 Å². The van der Waals surface area contributed by atoms with E-state index in [4.69, 9.17) is 24.9 Å². The van der Waals surface area contributed by atoms with E-state index in [1.54, 1.807) is 0 Å². The van der Waals surface area contributed by atoms with Crippen LogP contribution >= 0.6 is 0 Å². The monoisotopic (exact) mass is 1570 g/mol. The first-order valence-electron chi connectivity index (χ1n) is 41.5. The lowest BCUT2D eigenvalue weighted by Crippen LogP contribution is -1.97. The van der Waals surface area contributed by atoms with Crippen molar-refractivity contribution in [3.05, 3.63) is 407 Å². The quantitative estimate of drug-likeness (QED) is 0.151. The molecular weight excluding hydrogens is 1500 g/mol. The molecule has 11 aromatic heterocycles. The van der Waals surface area contributed by atoms with Crippen molar-refractivity contribution in [1.29, 1.82) is 0 Å². The fourth-order valence-corrected chi connectivity index (χ4v) is 19.8. The average Bonchev–Trinajstić information content (AvgIpc) is 1.57. The summed E-state index contributed by atoms with van der Waals surface area (Å²) >= 11 is 0. The molecule has 0 aliphatic rings. The van der Waals surface area contributed by atoms with Crippen LogP contribution in [0.3, 0.4) is 0 Å². The topological polar surface area (TPSA) is 118 Å². The summed E-state index contributed by atoms with van der Waals surface area (Å²) in [5, 5.41) is 27.6. The summed E-state index contributed by atoms with van der Waals surface area (Å²) in [6.45, 7) is 0. The van der Waals surface area contributed by atoms with Crippen LogP contribution in [0.1, 0.15) is 0 Å². The molecule has 0 fully saturated rings. The molecule has 27 rings (SSSR count). The minimum absolute atomic E-state index is 0.889. The van der Waals surface area contributed by atoms with Gasteiger partial charge in [-0.05, 0) is 193 Å². The van der Waals surface area contributed by atoms with E-state index < -0.39 is 0 Å². The van der Waals surface area contributed by atoms with Gasteiger partial charge in [0, 0.05) is 146 Å². The van der Waals surface area contributed by atoms with E-state index in [-0.39, 0.29) is 0 Å². The highest BCUT2D eigenvalue weighted by molar-refractivity contribution is 6.34. The van der Waals surface area contributed by atoms with Gasteiger partial charge in [0.2, 0.25) is 0 Å². The molecule has 0 bridgehead atoms. The Morgan fingerprint density at radius 3 is 0.894 bits per heavy atom. The van der Waals surface area contributed by atoms with Crippen LogP contribution in [0.5, 0.6) is 0 Å². The largest absolute Gasteiger partial charge is 0.309 e. The standard InChI is InChI=1S/C39H24N2.C37H22N4.C36H21N5/c1-2-11-28-26(10-1)24-35(30-13-4-3-12-29(28)30)25-19-21-27(22-20-25)41-36-18-8-7-16-33(36)37-31-14-5-6-15-32(31)38-34(39(37)41)17-9-23-40-38;1-2-10-27-26(9-1)33-29-11-3-4-14-32(29)41(37(33)30-13-7-20-39-35(27)30)25-17-15-23(16-18-25)31-22-24-8-5-19-38-34(24)36-28(31)12-6-21-40-36;1-2-10-25-24(9-1)32-27-11-3-4-14-31(27)41(36(32)28-13-7-18-38-34(25)28)23-15-16-30(40-21-23)29-20-22-8-5-17-37-33(22)35-26(29)12-6-19-39-35/h1-24H;1-22H;1-21H. The van der Waals surface area contributed by atoms with Gasteiger partial charge in [-0.2, -0.15) is 0 Å². The molecule has 11 heterocycles. The Labute approximate surface area is 702 Å². The predicted octanol–water partition coefficient (Wildman–Crippen LogP) is 28.4. The second kappa shape index (κ2) is 28.0. The summed E-state index contributed by atoms with van der Waals surface area (Å²) in [5.41, 5.74) is 23.8. The van der Waals surface area contributed by atoms with Gasteiger partial charge in [0.05, 0.1) is 89.3 Å². The molecule has 0 spiro atoms. The third kappa shape index (κ3) is 10.8. The zero-order valence-electron chi connectivity index (χ0n) is 66.1. The Morgan fingerprint density at radius 2 is 0.463 bits per heavy atom. The molecule has 16 aromatic carbocycles. The van der Waals surface area contributed by atoms with Gasteiger partial charge >= 0.3 is 0 Å². The lowest BCUT2D eigenvalue weighted by atomic mass is 9.93. The predicted molar refractivity (Wildman–Crippen MR) is 511 cm³/mol. The summed E-state index contributed by atoms with van der Waals surface area (Å²) in [6, 6.07) is 127. The molecule has 11 heteroatoms. The van der Waals surface area contributed by atoms with Crippen LogP contribution < -0.4 is 0 Å². The first kappa shape index (κ1) is 69.4. The van der Waals surface area contributed by atoms with Gasteiger partial charge in [-0.3, -0.25) is 39.9 Å². The number of nitrogens with zero attached hydrogens (tertiary/aromatic N) is 11. The van der Waals surface area contributed by atoms with Crippen molar-refractivity contribution in [2.45, 2.75) is 0 Å². The molecule has 0 aliphatic heterocycles. The van der Waals surface area contributed by atoms with Crippen LogP contribution in [0.25, 0.3) is 246 Å². The third-order valence-electron chi connectivity index (χ3n) is 25.0. The highest BCUT2D eigenvalue weighted by Gasteiger charge is 2.25. The first-order chi connectivity index (χ1) is 61.1. The van der Waals surface area contributed by atoms with Crippen molar-refractivity contribution in [3.63, 3.8) is 0 Å². The normalized spacial score (nSPS) is 11.9. The number of fused-ring (bicyclic) bond motifs is 33. The van der Waals surface area contributed by atoms with Crippen LogP contribution in [-0.4, -0.2) is 53.6 Å². The van der Waals surface area contributed by atoms with E-state index in [1.807, 2.05) is 92.0 Å². The Balaban J connectivity index is 0.000000101. The number of hydrogen-bond acceptors (Lipinski definition) is 8. The molecular formula is C112H67N11. The zero-order chi connectivity index (χ0) is 80.7. The molecule has 0 amide bonds. The van der Waals surface area contributed by atoms with Crippen molar-refractivity contribution < 1.29 is 0 Å². The highest BCUT2D eigenvalue weighted by atomic mass is 15.0. The second-order valence-electron chi connectivity index (χ2n) is 31.5. The smallest absolute Gasteiger partial charge is 0.0971 e. The van der Waals surface area contributed by atoms with E-state index in [0.717, 1.165) is 121 Å². The molecule has 0 unspecified atom stereocenters. The summed E-state index contributed by atoms with van der Waals surface area (Å²) in [4.78, 5) is 38.2. The molecule has 0 N–H and O–H groups in total. The molecule has 0 saturated carbocycles. The van der Waals surface area contributed by atoms with E-state index in [1.165, 1.54) is 125 Å². The SMILES string of the molecule is c1ccc2c(c1)cc(-c1ccc(-n3c4ccccc4c4c5ccccc5c5ncccc5c43)cc1)c1ccccc12.c1cnc2c(c1)cc(-c1ccc(-n3c4ccccc4c4c5ccccc5c5ncccc5c43)cc1)c1cccnc12.c1cnc2c(c1)cc(-c1ccc(-n3c4ccccc4c4c5ccccc5c5ncccc5c43)cn1)c1cccnc12. The second-order valence-corrected chi connectivity index (χ2v) is 31.5. The van der Waals surface area contributed by atoms with E-state index in [2.05, 4.69) is 344 Å². The minimum Gasteiger partial charge on any atom is -0.309 e. The lowest BCUT2D eigenvalue weighted by Gasteiger charge is -2.14. The van der Waals surface area contributed by atoms with Gasteiger partial charge in [0.1, 0.15) is 0 Å². The Kier molecular flexibility index (Phi) is 15.8. The minimum atomic E-state index is 0.889. The van der Waals surface area contributed by atoms with Gasteiger partial charge in [-0.25, -0.2) is 0 Å². The maximum atomic E-state index is 5.03. The molecule has 0 aliphatic carbocycles.